The lowest BCUT2D eigenvalue weighted by molar-refractivity contribution is -0.130. The van der Waals surface area contributed by atoms with E-state index in [0.29, 0.717) is 12.2 Å². The number of anilines is 1. The summed E-state index contributed by atoms with van der Waals surface area (Å²) in [6, 6.07) is 6.45. The van der Waals surface area contributed by atoms with Crippen LogP contribution < -0.4 is 4.90 Å². The topological polar surface area (TPSA) is 70.0 Å². The number of carbonyl (C=O) groups excluding carboxylic acids is 1. The molecule has 16 heavy (non-hydrogen) atoms. The molecule has 0 radical (unpaired) electrons. The van der Waals surface area contributed by atoms with Crippen LogP contribution in [0.1, 0.15) is 0 Å². The van der Waals surface area contributed by atoms with Crippen LogP contribution in [-0.4, -0.2) is 42.0 Å². The van der Waals surface area contributed by atoms with Crippen LogP contribution in [0.2, 0.25) is 0 Å². The molecule has 2 N–H and O–H groups in total. The Morgan fingerprint density at radius 3 is 3.00 bits per heavy atom. The summed E-state index contributed by atoms with van der Waals surface area (Å²) in [6.07, 6.45) is -0.361. The van der Waals surface area contributed by atoms with Crippen molar-refractivity contribution in [1.82, 2.24) is 0 Å². The number of aliphatic hydroxyl groups excluding tert-OH is 1. The average molecular weight is 223 g/mol. The van der Waals surface area contributed by atoms with Crippen LogP contribution in [0.25, 0.3) is 0 Å². The van der Waals surface area contributed by atoms with E-state index in [1.807, 2.05) is 0 Å². The first-order valence-corrected chi connectivity index (χ1v) is 5.02. The Hall–Kier alpha value is -1.59. The Kier molecular flexibility index (Phi) is 3.07. The summed E-state index contributed by atoms with van der Waals surface area (Å²) >= 11 is 0. The molecule has 1 amide bonds. The molecule has 1 heterocycles. The van der Waals surface area contributed by atoms with Gasteiger partial charge in [0.25, 0.3) is 5.91 Å². The Balaban J connectivity index is 2.21. The summed E-state index contributed by atoms with van der Waals surface area (Å²) in [7, 11) is 0. The van der Waals surface area contributed by atoms with Crippen molar-refractivity contribution in [1.29, 1.82) is 0 Å². The van der Waals surface area contributed by atoms with Crippen molar-refractivity contribution < 1.29 is 19.7 Å². The van der Waals surface area contributed by atoms with Gasteiger partial charge in [-0.15, -0.1) is 0 Å². The summed E-state index contributed by atoms with van der Waals surface area (Å²) in [4.78, 5) is 13.1. The predicted octanol–water partition coefficient (Wildman–Crippen LogP) is 0.116. The van der Waals surface area contributed by atoms with Gasteiger partial charge in [0.15, 0.2) is 0 Å². The number of hydrogen-bond donors (Lipinski definition) is 2. The second kappa shape index (κ2) is 4.51. The van der Waals surface area contributed by atoms with E-state index >= 15 is 0 Å². The number of aliphatic hydroxyl groups is 1. The molecule has 1 aliphatic rings. The second-order valence-electron chi connectivity index (χ2n) is 3.64. The molecule has 5 nitrogen and oxygen atoms in total. The Morgan fingerprint density at radius 1 is 1.50 bits per heavy atom. The van der Waals surface area contributed by atoms with E-state index < -0.39 is 0 Å². The predicted molar refractivity (Wildman–Crippen MR) is 57.3 cm³/mol. The molecule has 86 valence electrons. The quantitative estimate of drug-likeness (QED) is 0.747. The van der Waals surface area contributed by atoms with E-state index in [2.05, 4.69) is 0 Å². The first-order chi connectivity index (χ1) is 7.70. The number of amides is 1. The van der Waals surface area contributed by atoms with Gasteiger partial charge >= 0.3 is 0 Å². The molecule has 0 saturated carbocycles. The van der Waals surface area contributed by atoms with Crippen molar-refractivity contribution in [3.05, 3.63) is 24.3 Å². The molecule has 1 unspecified atom stereocenters. The zero-order chi connectivity index (χ0) is 11.5. The van der Waals surface area contributed by atoms with Crippen LogP contribution in [0.15, 0.2) is 24.3 Å². The number of rotatable bonds is 2. The smallest absolute Gasteiger partial charge is 0.253 e. The molecule has 1 saturated heterocycles. The molecule has 0 bridgehead atoms. The van der Waals surface area contributed by atoms with Gasteiger partial charge in [0.05, 0.1) is 19.3 Å². The molecule has 0 spiro atoms. The highest BCUT2D eigenvalue weighted by molar-refractivity contribution is 5.95. The number of nitrogens with zero attached hydrogens (tertiary/aromatic N) is 1. The van der Waals surface area contributed by atoms with Crippen LogP contribution in [0.3, 0.4) is 0 Å². The fraction of sp³-hybridized carbons (Fsp3) is 0.364. The molecule has 0 aromatic heterocycles. The minimum atomic E-state index is -0.361. The van der Waals surface area contributed by atoms with E-state index in [9.17, 15) is 9.90 Å². The summed E-state index contributed by atoms with van der Waals surface area (Å²) in [5.74, 6) is -0.0624. The van der Waals surface area contributed by atoms with Crippen molar-refractivity contribution >= 4 is 11.6 Å². The SMILES string of the molecule is O=C1COC(CO)CN1c1cccc(O)c1. The van der Waals surface area contributed by atoms with Gasteiger partial charge in [-0.05, 0) is 12.1 Å². The van der Waals surface area contributed by atoms with Gasteiger partial charge in [-0.3, -0.25) is 4.79 Å². The first-order valence-electron chi connectivity index (χ1n) is 5.02. The third kappa shape index (κ3) is 2.15. The van der Waals surface area contributed by atoms with Gasteiger partial charge in [-0.25, -0.2) is 0 Å². The normalized spacial score (nSPS) is 21.2. The van der Waals surface area contributed by atoms with Crippen LogP contribution >= 0.6 is 0 Å². The first kappa shape index (κ1) is 10.9. The van der Waals surface area contributed by atoms with Crippen molar-refractivity contribution in [2.75, 3.05) is 24.7 Å². The molecule has 0 aliphatic carbocycles. The standard InChI is InChI=1S/C11H13NO4/c13-6-10-5-12(11(15)7-16-10)8-2-1-3-9(14)4-8/h1-4,10,13-14H,5-7H2. The number of benzene rings is 1. The number of morpholine rings is 1. The minimum Gasteiger partial charge on any atom is -0.508 e. The van der Waals surface area contributed by atoms with Crippen molar-refractivity contribution in [2.45, 2.75) is 6.10 Å². The molecule has 1 aliphatic heterocycles. The molecule has 5 heteroatoms. The van der Waals surface area contributed by atoms with Gasteiger partial charge in [0.1, 0.15) is 12.4 Å². The second-order valence-corrected chi connectivity index (χ2v) is 3.64. The lowest BCUT2D eigenvalue weighted by Crippen LogP contribution is -2.48. The number of ether oxygens (including phenoxy) is 1. The van der Waals surface area contributed by atoms with Crippen LogP contribution in [0.5, 0.6) is 5.75 Å². The molecular formula is C11H13NO4. The van der Waals surface area contributed by atoms with Gasteiger partial charge in [0.2, 0.25) is 0 Å². The number of aromatic hydroxyl groups is 1. The molecule has 1 aromatic carbocycles. The van der Waals surface area contributed by atoms with E-state index in [-0.39, 0.29) is 31.0 Å². The number of carbonyl (C=O) groups is 1. The van der Waals surface area contributed by atoms with E-state index in [1.54, 1.807) is 12.1 Å². The summed E-state index contributed by atoms with van der Waals surface area (Å²) in [5.41, 5.74) is 0.617. The Labute approximate surface area is 92.9 Å². The highest BCUT2D eigenvalue weighted by Gasteiger charge is 2.26. The maximum Gasteiger partial charge on any atom is 0.253 e. The molecular weight excluding hydrogens is 210 g/mol. The molecule has 1 fully saturated rings. The number of phenols is 1. The van der Waals surface area contributed by atoms with Gasteiger partial charge in [0, 0.05) is 11.8 Å². The molecule has 1 atom stereocenters. The van der Waals surface area contributed by atoms with Gasteiger partial charge in [-0.1, -0.05) is 6.07 Å². The Morgan fingerprint density at radius 2 is 2.31 bits per heavy atom. The average Bonchev–Trinajstić information content (AvgIpc) is 2.30. The lowest BCUT2D eigenvalue weighted by atomic mass is 10.2. The number of hydrogen-bond acceptors (Lipinski definition) is 4. The van der Waals surface area contributed by atoms with Gasteiger partial charge < -0.3 is 19.8 Å². The van der Waals surface area contributed by atoms with E-state index in [0.717, 1.165) is 0 Å². The highest BCUT2D eigenvalue weighted by atomic mass is 16.5. The van der Waals surface area contributed by atoms with Crippen molar-refractivity contribution in [3.63, 3.8) is 0 Å². The lowest BCUT2D eigenvalue weighted by Gasteiger charge is -2.31. The van der Waals surface area contributed by atoms with Crippen molar-refractivity contribution in [3.8, 4) is 5.75 Å². The van der Waals surface area contributed by atoms with Crippen LogP contribution in [0.4, 0.5) is 5.69 Å². The summed E-state index contributed by atoms with van der Waals surface area (Å²) < 4.78 is 5.12. The van der Waals surface area contributed by atoms with Gasteiger partial charge in [-0.2, -0.15) is 0 Å². The Bertz CT molecular complexity index is 393. The zero-order valence-corrected chi connectivity index (χ0v) is 8.67. The van der Waals surface area contributed by atoms with Crippen molar-refractivity contribution in [2.24, 2.45) is 0 Å². The third-order valence-corrected chi connectivity index (χ3v) is 2.47. The molecule has 2 rings (SSSR count). The largest absolute Gasteiger partial charge is 0.508 e. The maximum atomic E-state index is 11.6. The highest BCUT2D eigenvalue weighted by Crippen LogP contribution is 2.22. The number of phenolic OH excluding ortho intramolecular Hbond substituents is 1. The summed E-state index contributed by atoms with van der Waals surface area (Å²) in [6.45, 7) is 0.141. The van der Waals surface area contributed by atoms with E-state index in [4.69, 9.17) is 9.84 Å². The minimum absolute atomic E-state index is 0.0408. The van der Waals surface area contributed by atoms with E-state index in [1.165, 1.54) is 17.0 Å². The third-order valence-electron chi connectivity index (χ3n) is 2.47. The maximum absolute atomic E-state index is 11.6. The van der Waals surface area contributed by atoms with Crippen LogP contribution in [-0.2, 0) is 9.53 Å². The zero-order valence-electron chi connectivity index (χ0n) is 8.67. The van der Waals surface area contributed by atoms with Crippen LogP contribution in [0, 0.1) is 0 Å². The fourth-order valence-electron chi connectivity index (χ4n) is 1.65. The monoisotopic (exact) mass is 223 g/mol. The summed E-state index contributed by atoms with van der Waals surface area (Å²) in [5, 5.41) is 18.3. The molecule has 1 aromatic rings. The fourth-order valence-corrected chi connectivity index (χ4v) is 1.65.